The smallest absolute Gasteiger partial charge is 0.136 e. The van der Waals surface area contributed by atoms with Crippen molar-refractivity contribution in [2.75, 3.05) is 18.5 Å². The summed E-state index contributed by atoms with van der Waals surface area (Å²) in [6.45, 7) is 3.12. The van der Waals surface area contributed by atoms with Crippen LogP contribution in [0, 0.1) is 12.8 Å². The average Bonchev–Trinajstić information content (AvgIpc) is 3.20. The van der Waals surface area contributed by atoms with Gasteiger partial charge in [0.05, 0.1) is 17.3 Å². The Morgan fingerprint density at radius 3 is 2.60 bits per heavy atom. The van der Waals surface area contributed by atoms with Crippen LogP contribution in [-0.2, 0) is 5.88 Å². The SMILES string of the molecule is Cc1nn(-c2ccccc2)c(N(C)CC2CC2)c1CCl. The van der Waals surface area contributed by atoms with E-state index in [-0.39, 0.29) is 0 Å². The molecule has 0 unspecified atom stereocenters. The zero-order valence-electron chi connectivity index (χ0n) is 12.0. The van der Waals surface area contributed by atoms with Crippen molar-refractivity contribution in [3.05, 3.63) is 41.6 Å². The van der Waals surface area contributed by atoms with Gasteiger partial charge in [0.15, 0.2) is 0 Å². The number of anilines is 1. The summed E-state index contributed by atoms with van der Waals surface area (Å²) in [5, 5.41) is 4.69. The van der Waals surface area contributed by atoms with E-state index in [9.17, 15) is 0 Å². The van der Waals surface area contributed by atoms with Crippen molar-refractivity contribution in [2.45, 2.75) is 25.6 Å². The number of aromatic nitrogens is 2. The zero-order chi connectivity index (χ0) is 14.1. The number of para-hydroxylation sites is 1. The van der Waals surface area contributed by atoms with Crippen LogP contribution in [0.5, 0.6) is 0 Å². The van der Waals surface area contributed by atoms with E-state index in [4.69, 9.17) is 16.7 Å². The molecule has 1 aliphatic carbocycles. The Balaban J connectivity index is 2.04. The molecular weight excluding hydrogens is 270 g/mol. The molecule has 0 bridgehead atoms. The second-order valence-corrected chi connectivity index (χ2v) is 5.86. The van der Waals surface area contributed by atoms with Gasteiger partial charge in [0.2, 0.25) is 0 Å². The van der Waals surface area contributed by atoms with Crippen LogP contribution in [0.25, 0.3) is 5.69 Å². The van der Waals surface area contributed by atoms with Crippen molar-refractivity contribution in [3.8, 4) is 5.69 Å². The molecule has 0 N–H and O–H groups in total. The second-order valence-electron chi connectivity index (χ2n) is 5.59. The maximum absolute atomic E-state index is 6.15. The molecule has 1 saturated carbocycles. The van der Waals surface area contributed by atoms with Gasteiger partial charge in [-0.05, 0) is 37.8 Å². The summed E-state index contributed by atoms with van der Waals surface area (Å²) < 4.78 is 2.02. The molecule has 1 fully saturated rings. The summed E-state index contributed by atoms with van der Waals surface area (Å²) >= 11 is 6.15. The first-order valence-electron chi connectivity index (χ1n) is 7.11. The molecule has 0 spiro atoms. The molecule has 2 aromatic rings. The number of hydrogen-bond donors (Lipinski definition) is 0. The average molecular weight is 290 g/mol. The predicted molar refractivity (Wildman–Crippen MR) is 83.9 cm³/mol. The van der Waals surface area contributed by atoms with Crippen molar-refractivity contribution in [1.82, 2.24) is 9.78 Å². The maximum atomic E-state index is 6.15. The first-order chi connectivity index (χ1) is 9.70. The van der Waals surface area contributed by atoms with E-state index in [0.717, 1.165) is 35.2 Å². The lowest BCUT2D eigenvalue weighted by atomic mass is 10.2. The fraction of sp³-hybridized carbons (Fsp3) is 0.438. The van der Waals surface area contributed by atoms with Gasteiger partial charge in [-0.3, -0.25) is 0 Å². The molecule has 20 heavy (non-hydrogen) atoms. The Kier molecular flexibility index (Phi) is 3.70. The van der Waals surface area contributed by atoms with E-state index in [0.29, 0.717) is 5.88 Å². The summed E-state index contributed by atoms with van der Waals surface area (Å²) in [4.78, 5) is 2.31. The maximum Gasteiger partial charge on any atom is 0.136 e. The molecule has 106 valence electrons. The highest BCUT2D eigenvalue weighted by Crippen LogP contribution is 2.34. The van der Waals surface area contributed by atoms with Gasteiger partial charge in [-0.25, -0.2) is 4.68 Å². The minimum Gasteiger partial charge on any atom is -0.359 e. The van der Waals surface area contributed by atoms with E-state index in [2.05, 4.69) is 24.1 Å². The largest absolute Gasteiger partial charge is 0.359 e. The fourth-order valence-corrected chi connectivity index (χ4v) is 2.93. The highest BCUT2D eigenvalue weighted by atomic mass is 35.5. The summed E-state index contributed by atoms with van der Waals surface area (Å²) in [5.74, 6) is 2.47. The number of aryl methyl sites for hydroxylation is 1. The molecule has 1 aromatic carbocycles. The molecule has 4 heteroatoms. The van der Waals surface area contributed by atoms with Gasteiger partial charge in [0.1, 0.15) is 5.82 Å². The molecule has 0 atom stereocenters. The van der Waals surface area contributed by atoms with Crippen LogP contribution in [0.2, 0.25) is 0 Å². The van der Waals surface area contributed by atoms with Crippen LogP contribution in [0.15, 0.2) is 30.3 Å². The van der Waals surface area contributed by atoms with E-state index in [1.165, 1.54) is 12.8 Å². The van der Waals surface area contributed by atoms with Gasteiger partial charge < -0.3 is 4.90 Å². The van der Waals surface area contributed by atoms with Crippen LogP contribution >= 0.6 is 11.6 Å². The monoisotopic (exact) mass is 289 g/mol. The minimum absolute atomic E-state index is 0.503. The third kappa shape index (κ3) is 2.55. The topological polar surface area (TPSA) is 21.1 Å². The third-order valence-corrected chi connectivity index (χ3v) is 4.15. The lowest BCUT2D eigenvalue weighted by molar-refractivity contribution is 0.746. The Morgan fingerprint density at radius 2 is 2.00 bits per heavy atom. The molecule has 3 rings (SSSR count). The first kappa shape index (κ1) is 13.5. The highest BCUT2D eigenvalue weighted by molar-refractivity contribution is 6.17. The summed E-state index contributed by atoms with van der Waals surface area (Å²) in [5.41, 5.74) is 3.24. The number of nitrogens with zero attached hydrogens (tertiary/aromatic N) is 3. The summed E-state index contributed by atoms with van der Waals surface area (Å²) in [7, 11) is 2.14. The molecule has 3 nitrogen and oxygen atoms in total. The van der Waals surface area contributed by atoms with Gasteiger partial charge in [0.25, 0.3) is 0 Å². The summed E-state index contributed by atoms with van der Waals surface area (Å²) in [6, 6.07) is 10.3. The Morgan fingerprint density at radius 1 is 1.30 bits per heavy atom. The Labute approximate surface area is 125 Å². The lowest BCUT2D eigenvalue weighted by Gasteiger charge is -2.21. The van der Waals surface area contributed by atoms with E-state index in [1.54, 1.807) is 0 Å². The summed E-state index contributed by atoms with van der Waals surface area (Å²) in [6.07, 6.45) is 2.69. The Bertz CT molecular complexity index is 587. The van der Waals surface area contributed by atoms with Gasteiger partial charge in [0, 0.05) is 19.2 Å². The Hall–Kier alpha value is -1.48. The minimum atomic E-state index is 0.503. The number of halogens is 1. The molecule has 0 saturated heterocycles. The van der Waals surface area contributed by atoms with Crippen molar-refractivity contribution >= 4 is 17.4 Å². The van der Waals surface area contributed by atoms with Crippen molar-refractivity contribution < 1.29 is 0 Å². The van der Waals surface area contributed by atoms with Crippen molar-refractivity contribution in [3.63, 3.8) is 0 Å². The van der Waals surface area contributed by atoms with Gasteiger partial charge in [-0.15, -0.1) is 11.6 Å². The quantitative estimate of drug-likeness (QED) is 0.782. The molecule has 1 aliphatic rings. The molecule has 1 aromatic heterocycles. The predicted octanol–water partition coefficient (Wildman–Crippen LogP) is 3.77. The van der Waals surface area contributed by atoms with Crippen LogP contribution in [-0.4, -0.2) is 23.4 Å². The molecule has 0 radical (unpaired) electrons. The van der Waals surface area contributed by atoms with E-state index >= 15 is 0 Å². The first-order valence-corrected chi connectivity index (χ1v) is 7.65. The standard InChI is InChI=1S/C16H20ClN3/c1-12-15(10-17)16(19(2)11-13-8-9-13)20(18-12)14-6-4-3-5-7-14/h3-7,13H,8-11H2,1-2H3. The molecule has 1 heterocycles. The van der Waals surface area contributed by atoms with E-state index in [1.807, 2.05) is 29.8 Å². The normalized spacial score (nSPS) is 14.6. The van der Waals surface area contributed by atoms with Crippen molar-refractivity contribution in [1.29, 1.82) is 0 Å². The number of hydrogen-bond acceptors (Lipinski definition) is 2. The lowest BCUT2D eigenvalue weighted by Crippen LogP contribution is -2.24. The second kappa shape index (κ2) is 5.49. The van der Waals surface area contributed by atoms with Crippen LogP contribution < -0.4 is 4.90 Å². The molecular formula is C16H20ClN3. The van der Waals surface area contributed by atoms with Crippen LogP contribution in [0.4, 0.5) is 5.82 Å². The van der Waals surface area contributed by atoms with E-state index < -0.39 is 0 Å². The van der Waals surface area contributed by atoms with Gasteiger partial charge in [-0.1, -0.05) is 18.2 Å². The number of rotatable bonds is 5. The van der Waals surface area contributed by atoms with Crippen LogP contribution in [0.3, 0.4) is 0 Å². The molecule has 0 amide bonds. The van der Waals surface area contributed by atoms with Crippen LogP contribution in [0.1, 0.15) is 24.1 Å². The van der Waals surface area contributed by atoms with Crippen molar-refractivity contribution in [2.24, 2.45) is 5.92 Å². The highest BCUT2D eigenvalue weighted by Gasteiger charge is 2.26. The molecule has 0 aliphatic heterocycles. The fourth-order valence-electron chi connectivity index (χ4n) is 2.62. The van der Waals surface area contributed by atoms with Gasteiger partial charge >= 0.3 is 0 Å². The third-order valence-electron chi connectivity index (χ3n) is 3.88. The van der Waals surface area contributed by atoms with Gasteiger partial charge in [-0.2, -0.15) is 5.10 Å². The zero-order valence-corrected chi connectivity index (χ0v) is 12.8. The number of alkyl halides is 1. The number of benzene rings is 1.